The largest absolute Gasteiger partial charge is 0.494 e. The van der Waals surface area contributed by atoms with Crippen LogP contribution in [0.3, 0.4) is 0 Å². The van der Waals surface area contributed by atoms with Gasteiger partial charge in [-0.25, -0.2) is 4.79 Å². The lowest BCUT2D eigenvalue weighted by molar-refractivity contribution is -0.154. The summed E-state index contributed by atoms with van der Waals surface area (Å²) in [5, 5.41) is 10.8. The van der Waals surface area contributed by atoms with Gasteiger partial charge in [-0.05, 0) is 43.4 Å². The topological polar surface area (TPSA) is 90.5 Å². The van der Waals surface area contributed by atoms with Crippen LogP contribution in [0.4, 0.5) is 0 Å². The summed E-state index contributed by atoms with van der Waals surface area (Å²) in [5.41, 5.74) is -0.287. The van der Waals surface area contributed by atoms with Crippen molar-refractivity contribution in [2.24, 2.45) is 5.92 Å². The molecule has 2 atom stereocenters. The molecule has 0 spiro atoms. The molecule has 1 aromatic heterocycles. The fraction of sp³-hybridized carbons (Fsp3) is 0.476. The minimum atomic E-state index is -0.602. The van der Waals surface area contributed by atoms with Crippen LogP contribution in [-0.2, 0) is 22.5 Å². The van der Waals surface area contributed by atoms with Crippen LogP contribution in [0.15, 0.2) is 39.9 Å². The van der Waals surface area contributed by atoms with Gasteiger partial charge in [-0.15, -0.1) is 0 Å². The average Bonchev–Trinajstić information content (AvgIpc) is 3.09. The van der Waals surface area contributed by atoms with E-state index in [1.54, 1.807) is 26.0 Å². The molecule has 1 fully saturated rings. The fourth-order valence-corrected chi connectivity index (χ4v) is 3.87. The first-order chi connectivity index (χ1) is 13.8. The number of hydrogen-bond acceptors (Lipinski definition) is 5. The Morgan fingerprint density at radius 2 is 2.03 bits per heavy atom. The Hall–Kier alpha value is -2.54. The van der Waals surface area contributed by atoms with E-state index in [2.05, 4.69) is 0 Å². The number of carbonyl (C=O) groups excluding carboxylic acids is 1. The number of nitrogens with zero attached hydrogens (tertiary/aromatic N) is 2. The molecule has 3 rings (SSSR count). The summed E-state index contributed by atoms with van der Waals surface area (Å²) in [6.07, 6.45) is 1.84. The van der Waals surface area contributed by atoms with Crippen molar-refractivity contribution in [3.63, 3.8) is 0 Å². The Morgan fingerprint density at radius 1 is 1.28 bits per heavy atom. The first-order valence-corrected chi connectivity index (χ1v) is 10.2. The van der Waals surface area contributed by atoms with E-state index < -0.39 is 23.4 Å². The van der Waals surface area contributed by atoms with Crippen LogP contribution in [0, 0.1) is 5.92 Å². The minimum absolute atomic E-state index is 0.189. The van der Waals surface area contributed by atoms with Crippen LogP contribution in [-0.4, -0.2) is 26.3 Å². The van der Waals surface area contributed by atoms with Crippen LogP contribution < -0.4 is 11.2 Å². The monoisotopic (exact) mass is 420 g/mol. The second-order valence-electron chi connectivity index (χ2n) is 7.65. The number of rotatable bonds is 6. The van der Waals surface area contributed by atoms with Gasteiger partial charge in [-0.1, -0.05) is 37.6 Å². The van der Waals surface area contributed by atoms with Gasteiger partial charge < -0.3 is 9.84 Å². The van der Waals surface area contributed by atoms with Gasteiger partial charge in [0.05, 0.1) is 18.0 Å². The highest BCUT2D eigenvalue weighted by Gasteiger charge is 2.34. The number of esters is 1. The zero-order chi connectivity index (χ0) is 21.1. The van der Waals surface area contributed by atoms with E-state index in [0.29, 0.717) is 24.3 Å². The SMILES string of the molecule is CC(C)C(=O)O[C@H]1CCC[C@@H]1n1c(=O)cc(O)n(CCc2cccc(Cl)c2)c1=O. The molecule has 0 saturated heterocycles. The number of aryl methyl sites for hydroxylation is 1. The molecule has 0 bridgehead atoms. The van der Waals surface area contributed by atoms with Crippen LogP contribution in [0.5, 0.6) is 5.88 Å². The maximum Gasteiger partial charge on any atom is 0.334 e. The first-order valence-electron chi connectivity index (χ1n) is 9.78. The predicted molar refractivity (Wildman–Crippen MR) is 109 cm³/mol. The molecule has 0 radical (unpaired) electrons. The van der Waals surface area contributed by atoms with Crippen LogP contribution in [0.25, 0.3) is 0 Å². The third kappa shape index (κ3) is 4.72. The number of aromatic hydroxyl groups is 1. The average molecular weight is 421 g/mol. The number of carbonyl (C=O) groups is 1. The maximum absolute atomic E-state index is 13.1. The lowest BCUT2D eigenvalue weighted by Crippen LogP contribution is -2.44. The summed E-state index contributed by atoms with van der Waals surface area (Å²) in [4.78, 5) is 37.6. The molecule has 0 aliphatic heterocycles. The van der Waals surface area contributed by atoms with E-state index >= 15 is 0 Å². The Kier molecular flexibility index (Phi) is 6.47. The second-order valence-corrected chi connectivity index (χ2v) is 8.09. The van der Waals surface area contributed by atoms with Crippen LogP contribution >= 0.6 is 11.6 Å². The van der Waals surface area contributed by atoms with Crippen molar-refractivity contribution in [3.8, 4) is 5.88 Å². The number of benzene rings is 1. The normalized spacial score (nSPS) is 18.9. The van der Waals surface area contributed by atoms with E-state index in [9.17, 15) is 19.5 Å². The van der Waals surface area contributed by atoms with Crippen molar-refractivity contribution in [1.29, 1.82) is 0 Å². The molecule has 2 aromatic rings. The third-order valence-corrected chi connectivity index (χ3v) is 5.44. The molecule has 29 heavy (non-hydrogen) atoms. The molecule has 0 unspecified atom stereocenters. The minimum Gasteiger partial charge on any atom is -0.494 e. The Labute approximate surface area is 173 Å². The van der Waals surface area contributed by atoms with Gasteiger partial charge in [-0.3, -0.25) is 18.7 Å². The predicted octanol–water partition coefficient (Wildman–Crippen LogP) is 2.90. The zero-order valence-electron chi connectivity index (χ0n) is 16.5. The summed E-state index contributed by atoms with van der Waals surface area (Å²) in [6.45, 7) is 3.66. The molecular weight excluding hydrogens is 396 g/mol. The van der Waals surface area contributed by atoms with Gasteiger partial charge >= 0.3 is 11.7 Å². The zero-order valence-corrected chi connectivity index (χ0v) is 17.3. The van der Waals surface area contributed by atoms with Crippen molar-refractivity contribution in [2.75, 3.05) is 0 Å². The highest BCUT2D eigenvalue weighted by Crippen LogP contribution is 2.31. The van der Waals surface area contributed by atoms with E-state index in [1.165, 1.54) is 4.57 Å². The van der Waals surface area contributed by atoms with Gasteiger partial charge in [-0.2, -0.15) is 0 Å². The maximum atomic E-state index is 13.1. The smallest absolute Gasteiger partial charge is 0.334 e. The molecular formula is C21H25ClN2O5. The first kappa shape index (κ1) is 21.2. The van der Waals surface area contributed by atoms with E-state index in [0.717, 1.165) is 22.6 Å². The molecule has 0 amide bonds. The lowest BCUT2D eigenvalue weighted by Gasteiger charge is -2.23. The van der Waals surface area contributed by atoms with E-state index in [4.69, 9.17) is 16.3 Å². The number of ether oxygens (including phenoxy) is 1. The van der Waals surface area contributed by atoms with Crippen molar-refractivity contribution < 1.29 is 14.6 Å². The highest BCUT2D eigenvalue weighted by molar-refractivity contribution is 6.30. The molecule has 1 aliphatic carbocycles. The number of halogens is 1. The molecule has 1 aromatic carbocycles. The van der Waals surface area contributed by atoms with E-state index in [-0.39, 0.29) is 24.3 Å². The molecule has 1 heterocycles. The van der Waals surface area contributed by atoms with Crippen molar-refractivity contribution in [1.82, 2.24) is 9.13 Å². The van der Waals surface area contributed by atoms with Crippen LogP contribution in [0.2, 0.25) is 5.02 Å². The van der Waals surface area contributed by atoms with Gasteiger partial charge in [0.2, 0.25) is 5.88 Å². The second kappa shape index (κ2) is 8.86. The summed E-state index contributed by atoms with van der Waals surface area (Å²) >= 11 is 6.00. The van der Waals surface area contributed by atoms with Crippen molar-refractivity contribution in [2.45, 2.75) is 58.2 Å². The molecule has 8 heteroatoms. The van der Waals surface area contributed by atoms with E-state index in [1.807, 2.05) is 12.1 Å². The van der Waals surface area contributed by atoms with Crippen molar-refractivity contribution >= 4 is 17.6 Å². The quantitative estimate of drug-likeness (QED) is 0.725. The summed E-state index contributed by atoms with van der Waals surface area (Å²) in [7, 11) is 0. The standard InChI is InChI=1S/C21H25ClN2O5/c1-13(2)20(27)29-17-8-4-7-16(17)24-19(26)12-18(25)23(21(24)28)10-9-14-5-3-6-15(22)11-14/h3,5-6,11-13,16-17,25H,4,7-10H2,1-2H3/t16-,17-/m0/s1. The highest BCUT2D eigenvalue weighted by atomic mass is 35.5. The lowest BCUT2D eigenvalue weighted by atomic mass is 10.1. The third-order valence-electron chi connectivity index (χ3n) is 5.20. The summed E-state index contributed by atoms with van der Waals surface area (Å²) < 4.78 is 7.82. The molecule has 156 valence electrons. The van der Waals surface area contributed by atoms with Gasteiger partial charge in [0, 0.05) is 11.6 Å². The summed E-state index contributed by atoms with van der Waals surface area (Å²) in [6, 6.07) is 7.75. The van der Waals surface area contributed by atoms with Crippen LogP contribution in [0.1, 0.15) is 44.7 Å². The Balaban J connectivity index is 1.89. The molecule has 1 saturated carbocycles. The molecule has 1 aliphatic rings. The van der Waals surface area contributed by atoms with Gasteiger partial charge in [0.1, 0.15) is 6.10 Å². The van der Waals surface area contributed by atoms with Gasteiger partial charge in [0.25, 0.3) is 5.56 Å². The summed E-state index contributed by atoms with van der Waals surface area (Å²) in [5.74, 6) is -1.02. The Bertz CT molecular complexity index is 1010. The fourth-order valence-electron chi connectivity index (χ4n) is 3.65. The molecule has 7 nitrogen and oxygen atoms in total. The van der Waals surface area contributed by atoms with Gasteiger partial charge in [0.15, 0.2) is 0 Å². The molecule has 1 N–H and O–H groups in total. The Morgan fingerprint density at radius 3 is 2.72 bits per heavy atom. The van der Waals surface area contributed by atoms with Crippen molar-refractivity contribution in [3.05, 3.63) is 61.8 Å². The number of hydrogen-bond donors (Lipinski definition) is 1. The number of aromatic nitrogens is 2.